The summed E-state index contributed by atoms with van der Waals surface area (Å²) < 4.78 is 30.2. The van der Waals surface area contributed by atoms with Crippen molar-refractivity contribution < 1.29 is 22.7 Å². The molecule has 0 saturated heterocycles. The van der Waals surface area contributed by atoms with Gasteiger partial charge in [0, 0.05) is 17.1 Å². The lowest BCUT2D eigenvalue weighted by Crippen LogP contribution is -2.19. The second kappa shape index (κ2) is 8.46. The summed E-state index contributed by atoms with van der Waals surface area (Å²) in [7, 11) is -2.60. The number of fused-ring (bicyclic) bond motifs is 1. The van der Waals surface area contributed by atoms with Gasteiger partial charge in [-0.15, -0.1) is 0 Å². The SMILES string of the molecule is COC(=O)CCn1c(=NC(=O)c2ccc(Cl)cc2)sc2cc(S(N)(=O)=O)ccc21. The number of methoxy groups -OCH3 is 1. The zero-order valence-corrected chi connectivity index (χ0v) is 17.6. The minimum absolute atomic E-state index is 0.0538. The van der Waals surface area contributed by atoms with Gasteiger partial charge in [0.25, 0.3) is 5.91 Å². The lowest BCUT2D eigenvalue weighted by molar-refractivity contribution is -0.140. The highest BCUT2D eigenvalue weighted by molar-refractivity contribution is 7.89. The summed E-state index contributed by atoms with van der Waals surface area (Å²) in [6.45, 7) is 0.203. The second-order valence-electron chi connectivity index (χ2n) is 5.96. The quantitative estimate of drug-likeness (QED) is 0.594. The van der Waals surface area contributed by atoms with Crippen LogP contribution in [0.5, 0.6) is 0 Å². The van der Waals surface area contributed by atoms with Crippen LogP contribution in [0.3, 0.4) is 0 Å². The molecule has 0 aliphatic rings. The number of rotatable bonds is 5. The number of nitrogens with two attached hydrogens (primary N) is 1. The van der Waals surface area contributed by atoms with Crippen LogP contribution in [0.2, 0.25) is 5.02 Å². The number of hydrogen-bond donors (Lipinski definition) is 1. The van der Waals surface area contributed by atoms with Gasteiger partial charge < -0.3 is 9.30 Å². The maximum atomic E-state index is 12.6. The lowest BCUT2D eigenvalue weighted by atomic mass is 10.2. The van der Waals surface area contributed by atoms with E-state index < -0.39 is 21.9 Å². The van der Waals surface area contributed by atoms with Gasteiger partial charge in [0.05, 0.1) is 28.6 Å². The number of aryl methyl sites for hydroxylation is 1. The van der Waals surface area contributed by atoms with Gasteiger partial charge in [0.2, 0.25) is 10.0 Å². The number of sulfonamides is 1. The number of amides is 1. The van der Waals surface area contributed by atoms with Gasteiger partial charge >= 0.3 is 5.97 Å². The number of carbonyl (C=O) groups excluding carboxylic acids is 2. The number of hydrogen-bond acceptors (Lipinski definition) is 6. The summed E-state index contributed by atoms with van der Waals surface area (Å²) in [4.78, 5) is 28.5. The van der Waals surface area contributed by atoms with E-state index in [1.54, 1.807) is 34.9 Å². The first-order valence-corrected chi connectivity index (χ1v) is 11.0. The van der Waals surface area contributed by atoms with E-state index in [2.05, 4.69) is 9.73 Å². The Labute approximate surface area is 175 Å². The molecule has 1 aromatic heterocycles. The highest BCUT2D eigenvalue weighted by Gasteiger charge is 2.14. The van der Waals surface area contributed by atoms with Crippen LogP contribution in [0.15, 0.2) is 52.4 Å². The molecule has 29 heavy (non-hydrogen) atoms. The molecule has 3 rings (SSSR count). The van der Waals surface area contributed by atoms with E-state index in [4.69, 9.17) is 16.7 Å². The van der Waals surface area contributed by atoms with Crippen LogP contribution in [0.4, 0.5) is 0 Å². The first kappa shape index (κ1) is 21.2. The number of thiazole rings is 1. The van der Waals surface area contributed by atoms with E-state index in [0.717, 1.165) is 11.3 Å². The number of carbonyl (C=O) groups is 2. The Morgan fingerprint density at radius 2 is 1.90 bits per heavy atom. The van der Waals surface area contributed by atoms with Crippen LogP contribution in [0.1, 0.15) is 16.8 Å². The summed E-state index contributed by atoms with van der Waals surface area (Å²) in [5.41, 5.74) is 0.963. The molecule has 0 fully saturated rings. The standard InChI is InChI=1S/C18H16ClN3O5S2/c1-27-16(23)8-9-22-14-7-6-13(29(20,25)26)10-15(14)28-18(22)21-17(24)11-2-4-12(19)5-3-11/h2-7,10H,8-9H2,1H3,(H2,20,25,26). The molecular formula is C18H16ClN3O5S2. The van der Waals surface area contributed by atoms with Gasteiger partial charge in [-0.2, -0.15) is 4.99 Å². The molecule has 0 unspecified atom stereocenters. The highest BCUT2D eigenvalue weighted by Crippen LogP contribution is 2.22. The van der Waals surface area contributed by atoms with Gasteiger partial charge in [-0.1, -0.05) is 22.9 Å². The zero-order chi connectivity index (χ0) is 21.2. The number of halogens is 1. The predicted octanol–water partition coefficient (Wildman–Crippen LogP) is 2.31. The Morgan fingerprint density at radius 3 is 2.52 bits per heavy atom. The Morgan fingerprint density at radius 1 is 1.21 bits per heavy atom. The summed E-state index contributed by atoms with van der Waals surface area (Å²) in [5.74, 6) is -0.917. The molecule has 0 radical (unpaired) electrons. The maximum absolute atomic E-state index is 12.6. The normalized spacial score (nSPS) is 12.3. The molecule has 0 aliphatic carbocycles. The van der Waals surface area contributed by atoms with E-state index in [9.17, 15) is 18.0 Å². The van der Waals surface area contributed by atoms with Crippen LogP contribution >= 0.6 is 22.9 Å². The maximum Gasteiger partial charge on any atom is 0.307 e. The van der Waals surface area contributed by atoms with E-state index >= 15 is 0 Å². The van der Waals surface area contributed by atoms with Crippen LogP contribution in [0, 0.1) is 0 Å². The molecule has 0 spiro atoms. The minimum atomic E-state index is -3.88. The number of benzene rings is 2. The summed E-state index contributed by atoms with van der Waals surface area (Å²) >= 11 is 6.96. The van der Waals surface area contributed by atoms with Gasteiger partial charge in [-0.05, 0) is 42.5 Å². The van der Waals surface area contributed by atoms with Gasteiger partial charge in [0.1, 0.15) is 0 Å². The Kier molecular flexibility index (Phi) is 6.18. The van der Waals surface area contributed by atoms with Crippen molar-refractivity contribution in [1.82, 2.24) is 4.57 Å². The molecule has 2 aromatic carbocycles. The third-order valence-electron chi connectivity index (χ3n) is 4.04. The Balaban J connectivity index is 2.13. The van der Waals surface area contributed by atoms with E-state index in [1.165, 1.54) is 19.2 Å². The fraction of sp³-hybridized carbons (Fsp3) is 0.167. The summed E-state index contributed by atoms with van der Waals surface area (Å²) in [5, 5.41) is 5.69. The summed E-state index contributed by atoms with van der Waals surface area (Å²) in [6.07, 6.45) is 0.0571. The Bertz CT molecular complexity index is 1260. The summed E-state index contributed by atoms with van der Waals surface area (Å²) in [6, 6.07) is 10.6. The minimum Gasteiger partial charge on any atom is -0.469 e. The number of ether oxygens (including phenoxy) is 1. The van der Waals surface area contributed by atoms with E-state index in [-0.39, 0.29) is 17.9 Å². The van der Waals surface area contributed by atoms with Crippen molar-refractivity contribution in [2.24, 2.45) is 10.1 Å². The fourth-order valence-corrected chi connectivity index (χ4v) is 4.42. The number of primary sulfonamides is 1. The monoisotopic (exact) mass is 453 g/mol. The first-order chi connectivity index (χ1) is 13.7. The smallest absolute Gasteiger partial charge is 0.307 e. The molecule has 0 bridgehead atoms. The highest BCUT2D eigenvalue weighted by atomic mass is 35.5. The van der Waals surface area contributed by atoms with Crippen molar-refractivity contribution in [2.75, 3.05) is 7.11 Å². The van der Waals surface area contributed by atoms with Gasteiger partial charge in [0.15, 0.2) is 4.80 Å². The van der Waals surface area contributed by atoms with Crippen molar-refractivity contribution in [3.8, 4) is 0 Å². The molecule has 11 heteroatoms. The van der Waals surface area contributed by atoms with Crippen LogP contribution in [0.25, 0.3) is 10.2 Å². The fourth-order valence-electron chi connectivity index (χ4n) is 2.58. The van der Waals surface area contributed by atoms with Crippen LogP contribution in [-0.4, -0.2) is 32.0 Å². The molecule has 152 valence electrons. The molecule has 1 heterocycles. The third-order valence-corrected chi connectivity index (χ3v) is 6.24. The topological polar surface area (TPSA) is 121 Å². The number of nitrogens with zero attached hydrogens (tertiary/aromatic N) is 2. The third kappa shape index (κ3) is 4.91. The van der Waals surface area contributed by atoms with Crippen molar-refractivity contribution in [3.05, 3.63) is 57.9 Å². The number of esters is 1. The van der Waals surface area contributed by atoms with Crippen molar-refractivity contribution in [1.29, 1.82) is 0 Å². The Hall–Kier alpha value is -2.53. The van der Waals surface area contributed by atoms with E-state index in [1.807, 2.05) is 0 Å². The molecule has 1 amide bonds. The second-order valence-corrected chi connectivity index (χ2v) is 8.97. The van der Waals surface area contributed by atoms with Crippen LogP contribution < -0.4 is 9.94 Å². The average Bonchev–Trinajstić information content (AvgIpc) is 3.02. The molecule has 0 aliphatic heterocycles. The molecule has 0 atom stereocenters. The lowest BCUT2D eigenvalue weighted by Gasteiger charge is -2.05. The van der Waals surface area contributed by atoms with Crippen molar-refractivity contribution in [2.45, 2.75) is 17.9 Å². The zero-order valence-electron chi connectivity index (χ0n) is 15.2. The van der Waals surface area contributed by atoms with Crippen molar-refractivity contribution >= 4 is 55.1 Å². The van der Waals surface area contributed by atoms with Gasteiger partial charge in [-0.25, -0.2) is 13.6 Å². The average molecular weight is 454 g/mol. The predicted molar refractivity (Wildman–Crippen MR) is 109 cm³/mol. The molecule has 2 N–H and O–H groups in total. The number of aromatic nitrogens is 1. The molecule has 0 saturated carbocycles. The molecular weight excluding hydrogens is 438 g/mol. The van der Waals surface area contributed by atoms with Crippen LogP contribution in [-0.2, 0) is 26.1 Å². The molecule has 8 nitrogen and oxygen atoms in total. The van der Waals surface area contributed by atoms with E-state index in [0.29, 0.717) is 25.6 Å². The largest absolute Gasteiger partial charge is 0.469 e. The van der Waals surface area contributed by atoms with Crippen molar-refractivity contribution in [3.63, 3.8) is 0 Å². The van der Waals surface area contributed by atoms with Gasteiger partial charge in [-0.3, -0.25) is 9.59 Å². The first-order valence-electron chi connectivity index (χ1n) is 8.26. The molecule has 3 aromatic rings.